The Hall–Kier alpha value is -2.30. The Labute approximate surface area is 95.4 Å². The smallest absolute Gasteiger partial charge is 0.337 e. The summed E-state index contributed by atoms with van der Waals surface area (Å²) < 4.78 is 25.7. The van der Waals surface area contributed by atoms with Gasteiger partial charge in [-0.25, -0.2) is 13.6 Å². The third-order valence-electron chi connectivity index (χ3n) is 2.24. The van der Waals surface area contributed by atoms with Crippen molar-refractivity contribution < 1.29 is 18.7 Å². The number of benzene rings is 1. The lowest BCUT2D eigenvalue weighted by Gasteiger charge is -2.03. The Bertz CT molecular complexity index is 584. The Kier molecular flexibility index (Phi) is 2.82. The van der Waals surface area contributed by atoms with E-state index >= 15 is 0 Å². The van der Waals surface area contributed by atoms with E-state index in [1.54, 1.807) is 0 Å². The van der Waals surface area contributed by atoms with E-state index in [9.17, 15) is 13.6 Å². The predicted octanol–water partition coefficient (Wildman–Crippen LogP) is 2.73. The first-order valence-electron chi connectivity index (χ1n) is 4.71. The monoisotopic (exact) mass is 235 g/mol. The van der Waals surface area contributed by atoms with Gasteiger partial charge < -0.3 is 5.11 Å². The minimum atomic E-state index is -1.12. The van der Waals surface area contributed by atoms with Gasteiger partial charge in [0.1, 0.15) is 0 Å². The molecular formula is C12H7F2NO2. The molecule has 0 atom stereocenters. The van der Waals surface area contributed by atoms with Gasteiger partial charge in [0, 0.05) is 18.0 Å². The third-order valence-corrected chi connectivity index (χ3v) is 2.24. The van der Waals surface area contributed by atoms with Crippen molar-refractivity contribution in [2.75, 3.05) is 0 Å². The van der Waals surface area contributed by atoms with Gasteiger partial charge in [0.2, 0.25) is 0 Å². The molecule has 5 heteroatoms. The lowest BCUT2D eigenvalue weighted by Crippen LogP contribution is -1.97. The van der Waals surface area contributed by atoms with Crippen LogP contribution in [0.3, 0.4) is 0 Å². The SMILES string of the molecule is O=C(O)c1cncc(-c2ccc(F)c(F)c2)c1. The van der Waals surface area contributed by atoms with Crippen molar-refractivity contribution in [1.29, 1.82) is 0 Å². The highest BCUT2D eigenvalue weighted by atomic mass is 19.2. The van der Waals surface area contributed by atoms with Crippen LogP contribution in [0, 0.1) is 11.6 Å². The lowest BCUT2D eigenvalue weighted by atomic mass is 10.1. The Balaban J connectivity index is 2.49. The highest BCUT2D eigenvalue weighted by Gasteiger charge is 2.08. The van der Waals surface area contributed by atoms with Crippen LogP contribution in [0.25, 0.3) is 11.1 Å². The molecule has 3 nitrogen and oxygen atoms in total. The van der Waals surface area contributed by atoms with Crippen molar-refractivity contribution in [2.24, 2.45) is 0 Å². The average Bonchev–Trinajstić information content (AvgIpc) is 2.33. The Morgan fingerprint density at radius 3 is 2.47 bits per heavy atom. The first-order chi connectivity index (χ1) is 8.08. The molecule has 0 aliphatic heterocycles. The van der Waals surface area contributed by atoms with Gasteiger partial charge in [0.25, 0.3) is 0 Å². The molecule has 2 aromatic rings. The summed E-state index contributed by atoms with van der Waals surface area (Å²) in [6, 6.07) is 4.69. The molecule has 17 heavy (non-hydrogen) atoms. The van der Waals surface area contributed by atoms with Crippen molar-refractivity contribution in [2.45, 2.75) is 0 Å². The molecule has 0 spiro atoms. The first kappa shape index (κ1) is 11.2. The molecule has 1 heterocycles. The predicted molar refractivity (Wildman–Crippen MR) is 56.5 cm³/mol. The summed E-state index contributed by atoms with van der Waals surface area (Å²) >= 11 is 0. The molecule has 0 unspecified atom stereocenters. The summed E-state index contributed by atoms with van der Waals surface area (Å²) in [6.45, 7) is 0. The van der Waals surface area contributed by atoms with E-state index in [1.807, 2.05) is 0 Å². The fourth-order valence-electron chi connectivity index (χ4n) is 1.39. The molecule has 2 rings (SSSR count). The second-order valence-electron chi connectivity index (χ2n) is 3.40. The number of carbonyl (C=O) groups is 1. The molecule has 0 amide bonds. The van der Waals surface area contributed by atoms with Gasteiger partial charge in [-0.3, -0.25) is 4.98 Å². The maximum atomic E-state index is 13.0. The van der Waals surface area contributed by atoms with Gasteiger partial charge >= 0.3 is 5.97 Å². The highest BCUT2D eigenvalue weighted by molar-refractivity contribution is 5.88. The van der Waals surface area contributed by atoms with Crippen LogP contribution < -0.4 is 0 Å². The number of hydrogen-bond acceptors (Lipinski definition) is 2. The highest BCUT2D eigenvalue weighted by Crippen LogP contribution is 2.21. The quantitative estimate of drug-likeness (QED) is 0.870. The van der Waals surface area contributed by atoms with Crippen LogP contribution in [0.5, 0.6) is 0 Å². The number of nitrogens with zero attached hydrogens (tertiary/aromatic N) is 1. The number of hydrogen-bond donors (Lipinski definition) is 1. The number of halogens is 2. The largest absolute Gasteiger partial charge is 0.478 e. The molecular weight excluding hydrogens is 228 g/mol. The summed E-state index contributed by atoms with van der Waals surface area (Å²) in [6.07, 6.45) is 2.57. The molecule has 1 aromatic heterocycles. The summed E-state index contributed by atoms with van der Waals surface area (Å²) in [4.78, 5) is 14.5. The van der Waals surface area contributed by atoms with Crippen molar-refractivity contribution in [3.63, 3.8) is 0 Å². The fourth-order valence-corrected chi connectivity index (χ4v) is 1.39. The summed E-state index contributed by atoms with van der Waals surface area (Å²) in [7, 11) is 0. The van der Waals surface area contributed by atoms with Crippen molar-refractivity contribution in [1.82, 2.24) is 4.98 Å². The number of pyridine rings is 1. The molecule has 1 aromatic carbocycles. The van der Waals surface area contributed by atoms with E-state index < -0.39 is 17.6 Å². The van der Waals surface area contributed by atoms with Crippen molar-refractivity contribution >= 4 is 5.97 Å². The molecule has 1 N–H and O–H groups in total. The van der Waals surface area contributed by atoms with E-state index in [4.69, 9.17) is 5.11 Å². The topological polar surface area (TPSA) is 50.2 Å². The minimum absolute atomic E-state index is 0.00719. The molecule has 0 saturated heterocycles. The molecule has 0 saturated carbocycles. The van der Waals surface area contributed by atoms with E-state index in [2.05, 4.69) is 4.98 Å². The minimum Gasteiger partial charge on any atom is -0.478 e. The van der Waals surface area contributed by atoms with E-state index in [1.165, 1.54) is 24.5 Å². The normalized spacial score (nSPS) is 10.2. The van der Waals surface area contributed by atoms with Crippen LogP contribution in [-0.2, 0) is 0 Å². The van der Waals surface area contributed by atoms with E-state index in [-0.39, 0.29) is 5.56 Å². The fraction of sp³-hybridized carbons (Fsp3) is 0. The maximum Gasteiger partial charge on any atom is 0.337 e. The van der Waals surface area contributed by atoms with Crippen LogP contribution >= 0.6 is 0 Å². The van der Waals surface area contributed by atoms with Crippen LogP contribution in [0.2, 0.25) is 0 Å². The lowest BCUT2D eigenvalue weighted by molar-refractivity contribution is 0.0696. The second kappa shape index (κ2) is 4.29. The van der Waals surface area contributed by atoms with Crippen LogP contribution in [0.15, 0.2) is 36.7 Å². The van der Waals surface area contributed by atoms with Crippen LogP contribution in [0.1, 0.15) is 10.4 Å². The zero-order valence-electron chi connectivity index (χ0n) is 8.52. The van der Waals surface area contributed by atoms with Crippen LogP contribution in [-0.4, -0.2) is 16.1 Å². The molecule has 0 aliphatic rings. The molecule has 0 aliphatic carbocycles. The van der Waals surface area contributed by atoms with Gasteiger partial charge in [-0.15, -0.1) is 0 Å². The molecule has 0 radical (unpaired) electrons. The van der Waals surface area contributed by atoms with Gasteiger partial charge in [-0.2, -0.15) is 0 Å². The van der Waals surface area contributed by atoms with E-state index in [0.717, 1.165) is 12.1 Å². The zero-order chi connectivity index (χ0) is 12.4. The van der Waals surface area contributed by atoms with Gasteiger partial charge in [-0.1, -0.05) is 6.07 Å². The van der Waals surface area contributed by atoms with E-state index in [0.29, 0.717) is 11.1 Å². The average molecular weight is 235 g/mol. The summed E-state index contributed by atoms with van der Waals surface area (Å²) in [5.41, 5.74) is 0.788. The molecule has 0 bridgehead atoms. The summed E-state index contributed by atoms with van der Waals surface area (Å²) in [5.74, 6) is -3.05. The number of aromatic carboxylic acids is 1. The Morgan fingerprint density at radius 2 is 1.82 bits per heavy atom. The standard InChI is InChI=1S/C12H7F2NO2/c13-10-2-1-7(4-11(10)14)8-3-9(12(16)17)6-15-5-8/h1-6H,(H,16,17). The van der Waals surface area contributed by atoms with Crippen LogP contribution in [0.4, 0.5) is 8.78 Å². The molecule has 86 valence electrons. The number of aromatic nitrogens is 1. The van der Waals surface area contributed by atoms with Gasteiger partial charge in [0.15, 0.2) is 11.6 Å². The summed E-state index contributed by atoms with van der Waals surface area (Å²) in [5, 5.41) is 8.78. The number of rotatable bonds is 2. The van der Waals surface area contributed by atoms with Crippen molar-refractivity contribution in [3.8, 4) is 11.1 Å². The Morgan fingerprint density at radius 1 is 1.06 bits per heavy atom. The zero-order valence-corrected chi connectivity index (χ0v) is 8.52. The van der Waals surface area contributed by atoms with Crippen molar-refractivity contribution in [3.05, 3.63) is 53.9 Å². The third kappa shape index (κ3) is 2.28. The van der Waals surface area contributed by atoms with Gasteiger partial charge in [-0.05, 0) is 23.8 Å². The van der Waals surface area contributed by atoms with Gasteiger partial charge in [0.05, 0.1) is 5.56 Å². The number of carboxylic acids is 1. The number of carboxylic acid groups (broad SMARTS) is 1. The second-order valence-corrected chi connectivity index (χ2v) is 3.40. The first-order valence-corrected chi connectivity index (χ1v) is 4.71. The molecule has 0 fully saturated rings. The maximum absolute atomic E-state index is 13.0.